The van der Waals surface area contributed by atoms with Crippen molar-refractivity contribution in [3.63, 3.8) is 0 Å². The summed E-state index contributed by atoms with van der Waals surface area (Å²) in [6.07, 6.45) is 2.01. The number of hydrogen-bond donors (Lipinski definition) is 2. The van der Waals surface area contributed by atoms with Crippen LogP contribution in [-0.4, -0.2) is 21.9 Å². The lowest BCUT2D eigenvalue weighted by Crippen LogP contribution is -2.45. The Bertz CT molecular complexity index is 475. The Hall–Kier alpha value is -1.00. The minimum atomic E-state index is -1.02. The first kappa shape index (κ1) is 13.4. The highest BCUT2D eigenvalue weighted by molar-refractivity contribution is 8.00. The van der Waals surface area contributed by atoms with Crippen LogP contribution in [0.5, 0.6) is 0 Å². The Morgan fingerprint density at radius 3 is 2.72 bits per heavy atom. The molecular formula is C14H19NO2S. The first-order valence-corrected chi connectivity index (χ1v) is 7.05. The van der Waals surface area contributed by atoms with E-state index in [4.69, 9.17) is 10.8 Å². The van der Waals surface area contributed by atoms with Gasteiger partial charge in [-0.2, -0.15) is 0 Å². The summed E-state index contributed by atoms with van der Waals surface area (Å²) < 4.78 is 0. The molecule has 3 nitrogen and oxygen atoms in total. The third-order valence-electron chi connectivity index (χ3n) is 3.71. The van der Waals surface area contributed by atoms with Gasteiger partial charge < -0.3 is 10.8 Å². The third-order valence-corrected chi connectivity index (χ3v) is 4.97. The smallest absolute Gasteiger partial charge is 0.323 e. The zero-order chi connectivity index (χ0) is 13.3. The SMILES string of the molecule is Cc1ccc(SC2CCC(N)(C(=O)O)C2)cc1C. The van der Waals surface area contributed by atoms with Crippen LogP contribution >= 0.6 is 11.8 Å². The summed E-state index contributed by atoms with van der Waals surface area (Å²) in [5.74, 6) is -0.870. The van der Waals surface area contributed by atoms with Gasteiger partial charge in [0.25, 0.3) is 0 Å². The van der Waals surface area contributed by atoms with E-state index < -0.39 is 11.5 Å². The molecule has 0 radical (unpaired) electrons. The van der Waals surface area contributed by atoms with E-state index in [0.29, 0.717) is 18.1 Å². The Morgan fingerprint density at radius 1 is 1.44 bits per heavy atom. The van der Waals surface area contributed by atoms with E-state index in [1.54, 1.807) is 11.8 Å². The summed E-state index contributed by atoms with van der Waals surface area (Å²) >= 11 is 1.75. The van der Waals surface area contributed by atoms with Crippen molar-refractivity contribution in [2.75, 3.05) is 0 Å². The summed E-state index contributed by atoms with van der Waals surface area (Å²) in [5, 5.41) is 9.42. The van der Waals surface area contributed by atoms with E-state index in [9.17, 15) is 4.79 Å². The van der Waals surface area contributed by atoms with Crippen LogP contribution in [0.15, 0.2) is 23.1 Å². The van der Waals surface area contributed by atoms with Gasteiger partial charge in [-0.15, -0.1) is 11.8 Å². The molecule has 2 atom stereocenters. The van der Waals surface area contributed by atoms with Crippen LogP contribution in [0.1, 0.15) is 30.4 Å². The molecule has 0 amide bonds. The van der Waals surface area contributed by atoms with Gasteiger partial charge in [-0.3, -0.25) is 4.79 Å². The maximum atomic E-state index is 11.1. The lowest BCUT2D eigenvalue weighted by molar-refractivity contribution is -0.143. The fourth-order valence-corrected chi connectivity index (χ4v) is 3.70. The van der Waals surface area contributed by atoms with Gasteiger partial charge in [0.15, 0.2) is 0 Å². The molecule has 18 heavy (non-hydrogen) atoms. The molecule has 0 bridgehead atoms. The zero-order valence-corrected chi connectivity index (χ0v) is 11.6. The van der Waals surface area contributed by atoms with Crippen molar-refractivity contribution in [1.29, 1.82) is 0 Å². The molecule has 1 aromatic rings. The summed E-state index contributed by atoms with van der Waals surface area (Å²) in [7, 11) is 0. The van der Waals surface area contributed by atoms with Crippen molar-refractivity contribution >= 4 is 17.7 Å². The zero-order valence-electron chi connectivity index (χ0n) is 10.8. The molecule has 0 aliphatic heterocycles. The van der Waals surface area contributed by atoms with Crippen LogP contribution in [0.4, 0.5) is 0 Å². The van der Waals surface area contributed by atoms with E-state index in [2.05, 4.69) is 32.0 Å². The lowest BCUT2D eigenvalue weighted by atomic mass is 10.0. The summed E-state index contributed by atoms with van der Waals surface area (Å²) in [6.45, 7) is 4.19. The van der Waals surface area contributed by atoms with Crippen LogP contribution in [0.3, 0.4) is 0 Å². The first-order chi connectivity index (χ1) is 8.40. The Kier molecular flexibility index (Phi) is 3.69. The van der Waals surface area contributed by atoms with Gasteiger partial charge in [0.05, 0.1) is 0 Å². The van der Waals surface area contributed by atoms with Gasteiger partial charge in [0.1, 0.15) is 5.54 Å². The molecule has 3 N–H and O–H groups in total. The van der Waals surface area contributed by atoms with Gasteiger partial charge in [0.2, 0.25) is 0 Å². The molecule has 1 aliphatic rings. The number of benzene rings is 1. The molecule has 0 spiro atoms. The molecule has 2 unspecified atom stereocenters. The largest absolute Gasteiger partial charge is 0.480 e. The summed E-state index contributed by atoms with van der Waals surface area (Å²) in [4.78, 5) is 12.3. The Balaban J connectivity index is 2.03. The normalized spacial score (nSPS) is 27.4. The molecule has 4 heteroatoms. The molecule has 1 aliphatic carbocycles. The molecule has 98 valence electrons. The van der Waals surface area contributed by atoms with Gasteiger partial charge in [-0.05, 0) is 56.4 Å². The van der Waals surface area contributed by atoms with Crippen LogP contribution in [0.25, 0.3) is 0 Å². The molecule has 1 fully saturated rings. The van der Waals surface area contributed by atoms with Crippen LogP contribution in [0, 0.1) is 13.8 Å². The fraction of sp³-hybridized carbons (Fsp3) is 0.500. The number of aliphatic carboxylic acids is 1. The van der Waals surface area contributed by atoms with Crippen molar-refractivity contribution < 1.29 is 9.90 Å². The second-order valence-electron chi connectivity index (χ2n) is 5.19. The molecular weight excluding hydrogens is 246 g/mol. The third kappa shape index (κ3) is 2.70. The number of carboxylic acid groups (broad SMARTS) is 1. The molecule has 0 saturated heterocycles. The van der Waals surface area contributed by atoms with Crippen molar-refractivity contribution in [3.8, 4) is 0 Å². The number of aryl methyl sites for hydroxylation is 2. The van der Waals surface area contributed by atoms with Gasteiger partial charge in [0, 0.05) is 10.1 Å². The van der Waals surface area contributed by atoms with E-state index in [1.165, 1.54) is 16.0 Å². The number of carbonyl (C=O) groups is 1. The van der Waals surface area contributed by atoms with Crippen LogP contribution < -0.4 is 5.73 Å². The Morgan fingerprint density at radius 2 is 2.17 bits per heavy atom. The predicted molar refractivity (Wildman–Crippen MR) is 74.0 cm³/mol. The number of hydrogen-bond acceptors (Lipinski definition) is 3. The van der Waals surface area contributed by atoms with Gasteiger partial charge >= 0.3 is 5.97 Å². The fourth-order valence-electron chi connectivity index (χ4n) is 2.30. The molecule has 1 saturated carbocycles. The van der Waals surface area contributed by atoms with Crippen LogP contribution in [-0.2, 0) is 4.79 Å². The minimum absolute atomic E-state index is 0.313. The van der Waals surface area contributed by atoms with E-state index >= 15 is 0 Å². The highest BCUT2D eigenvalue weighted by atomic mass is 32.2. The molecule has 2 rings (SSSR count). The van der Waals surface area contributed by atoms with Gasteiger partial charge in [-0.1, -0.05) is 6.07 Å². The number of rotatable bonds is 3. The number of nitrogens with two attached hydrogens (primary N) is 1. The highest BCUT2D eigenvalue weighted by Crippen LogP contribution is 2.39. The summed E-state index contributed by atoms with van der Waals surface area (Å²) in [5.41, 5.74) is 7.43. The van der Waals surface area contributed by atoms with E-state index in [1.807, 2.05) is 0 Å². The summed E-state index contributed by atoms with van der Waals surface area (Å²) in [6, 6.07) is 6.38. The van der Waals surface area contributed by atoms with Crippen molar-refractivity contribution in [1.82, 2.24) is 0 Å². The average Bonchev–Trinajstić information content (AvgIpc) is 2.67. The lowest BCUT2D eigenvalue weighted by Gasteiger charge is -2.18. The van der Waals surface area contributed by atoms with Crippen molar-refractivity contribution in [2.24, 2.45) is 5.73 Å². The van der Waals surface area contributed by atoms with Crippen molar-refractivity contribution in [2.45, 2.75) is 48.8 Å². The van der Waals surface area contributed by atoms with Crippen LogP contribution in [0.2, 0.25) is 0 Å². The topological polar surface area (TPSA) is 63.3 Å². The predicted octanol–water partition coefficient (Wildman–Crippen LogP) is 2.73. The maximum absolute atomic E-state index is 11.1. The van der Waals surface area contributed by atoms with Crippen molar-refractivity contribution in [3.05, 3.63) is 29.3 Å². The minimum Gasteiger partial charge on any atom is -0.480 e. The molecule has 0 heterocycles. The number of carboxylic acids is 1. The quantitative estimate of drug-likeness (QED) is 0.882. The first-order valence-electron chi connectivity index (χ1n) is 6.17. The number of thioether (sulfide) groups is 1. The second-order valence-corrected chi connectivity index (χ2v) is 6.56. The highest BCUT2D eigenvalue weighted by Gasteiger charge is 2.42. The molecule has 1 aromatic carbocycles. The Labute approximate surface area is 112 Å². The molecule has 0 aromatic heterocycles. The maximum Gasteiger partial charge on any atom is 0.323 e. The monoisotopic (exact) mass is 265 g/mol. The average molecular weight is 265 g/mol. The second kappa shape index (κ2) is 4.94. The standard InChI is InChI=1S/C14H19NO2S/c1-9-3-4-11(7-10(9)2)18-12-5-6-14(15,8-12)13(16)17/h3-4,7,12H,5-6,8,15H2,1-2H3,(H,16,17). The van der Waals surface area contributed by atoms with E-state index in [-0.39, 0.29) is 0 Å². The van der Waals surface area contributed by atoms with Gasteiger partial charge in [-0.25, -0.2) is 0 Å². The van der Waals surface area contributed by atoms with E-state index in [0.717, 1.165) is 6.42 Å².